The van der Waals surface area contributed by atoms with Gasteiger partial charge in [-0.2, -0.15) is 0 Å². The Hall–Kier alpha value is -3.46. The maximum absolute atomic E-state index is 12.6. The molecule has 1 fully saturated rings. The molecule has 3 heterocycles. The summed E-state index contributed by atoms with van der Waals surface area (Å²) in [5, 5.41) is 5.17. The Labute approximate surface area is 222 Å². The lowest BCUT2D eigenvalue weighted by Gasteiger charge is -2.32. The van der Waals surface area contributed by atoms with Gasteiger partial charge in [-0.25, -0.2) is 9.78 Å². The molecule has 0 saturated carbocycles. The highest BCUT2D eigenvalue weighted by atomic mass is 35.5. The molecule has 5 rings (SSSR count). The number of anilines is 1. The Morgan fingerprint density at radius 1 is 1.14 bits per heavy atom. The summed E-state index contributed by atoms with van der Waals surface area (Å²) in [6.07, 6.45) is 3.90. The Morgan fingerprint density at radius 2 is 1.89 bits per heavy atom. The quantitative estimate of drug-likeness (QED) is 0.461. The minimum Gasteiger partial charge on any atom is -0.379 e. The number of hydrogen-bond donors (Lipinski definition) is 2. The summed E-state index contributed by atoms with van der Waals surface area (Å²) in [6.45, 7) is 7.20. The summed E-state index contributed by atoms with van der Waals surface area (Å²) < 4.78 is 5.40. The normalized spacial score (nSPS) is 16.2. The van der Waals surface area contributed by atoms with Gasteiger partial charge in [0.25, 0.3) is 0 Å². The number of nitrogens with one attached hydrogen (secondary N) is 1. The van der Waals surface area contributed by atoms with Crippen LogP contribution in [0.4, 0.5) is 10.6 Å². The van der Waals surface area contributed by atoms with Crippen LogP contribution in [-0.4, -0.2) is 66.1 Å². The zero-order valence-electron chi connectivity index (χ0n) is 20.9. The Morgan fingerprint density at radius 3 is 2.65 bits per heavy atom. The third kappa shape index (κ3) is 6.10. The summed E-state index contributed by atoms with van der Waals surface area (Å²) in [6, 6.07) is 14.2. The number of hydrogen-bond acceptors (Lipinski definition) is 5. The number of nitrogens with two attached hydrogens (primary N) is 1. The molecule has 0 atom stereocenters. The fourth-order valence-electron chi connectivity index (χ4n) is 4.85. The topological polar surface area (TPSA) is 101 Å². The maximum Gasteiger partial charge on any atom is 0.323 e. The molecule has 0 bridgehead atoms. The van der Waals surface area contributed by atoms with Crippen LogP contribution in [0.1, 0.15) is 22.3 Å². The van der Waals surface area contributed by atoms with E-state index in [0.717, 1.165) is 54.9 Å². The molecule has 3 aromatic rings. The largest absolute Gasteiger partial charge is 0.379 e. The first kappa shape index (κ1) is 26.6. The number of aryl methyl sites for hydroxylation is 1. The van der Waals surface area contributed by atoms with Gasteiger partial charge in [0.2, 0.25) is 5.91 Å². The van der Waals surface area contributed by atoms with E-state index in [-0.39, 0.29) is 18.4 Å². The molecule has 37 heavy (non-hydrogen) atoms. The molecule has 2 aliphatic rings. The van der Waals surface area contributed by atoms with E-state index in [1.807, 2.05) is 18.2 Å². The van der Waals surface area contributed by atoms with Gasteiger partial charge in [-0.1, -0.05) is 36.4 Å². The summed E-state index contributed by atoms with van der Waals surface area (Å²) in [4.78, 5) is 33.5. The van der Waals surface area contributed by atoms with Gasteiger partial charge in [0.05, 0.1) is 19.8 Å². The molecule has 2 aromatic carbocycles. The number of aromatic nitrogens is 1. The minimum absolute atomic E-state index is 0. The van der Waals surface area contributed by atoms with Gasteiger partial charge < -0.3 is 15.4 Å². The predicted molar refractivity (Wildman–Crippen MR) is 148 cm³/mol. The number of amides is 3. The molecule has 194 valence electrons. The lowest BCUT2D eigenvalue weighted by molar-refractivity contribution is -0.114. The number of ether oxygens (including phenoxy) is 1. The third-order valence-corrected chi connectivity index (χ3v) is 6.92. The first-order valence-corrected chi connectivity index (χ1v) is 12.3. The zero-order valence-corrected chi connectivity index (χ0v) is 21.7. The number of primary amides is 1. The highest BCUT2D eigenvalue weighted by Crippen LogP contribution is 2.26. The number of carbonyl (C=O) groups is 2. The smallest absolute Gasteiger partial charge is 0.323 e. The van der Waals surface area contributed by atoms with E-state index in [9.17, 15) is 9.59 Å². The van der Waals surface area contributed by atoms with E-state index < -0.39 is 5.91 Å². The molecule has 0 radical (unpaired) electrons. The summed E-state index contributed by atoms with van der Waals surface area (Å²) in [7, 11) is 0. The van der Waals surface area contributed by atoms with E-state index in [1.165, 1.54) is 10.9 Å². The molecule has 0 spiro atoms. The maximum atomic E-state index is 12.6. The number of carbonyl (C=O) groups excluding carboxylic acids is 2. The van der Waals surface area contributed by atoms with Crippen LogP contribution in [0.5, 0.6) is 0 Å². The number of rotatable bonds is 7. The SMILES string of the molecule is Cc1ccc(CC(=Cc2cnc3c(c2)CN(CCN2CCOCC2)C(=O)N3)C(N)=O)c2ccccc12.Cl. The van der Waals surface area contributed by atoms with Crippen molar-refractivity contribution in [3.05, 3.63) is 76.5 Å². The van der Waals surface area contributed by atoms with Crippen LogP contribution >= 0.6 is 12.4 Å². The molecule has 8 nitrogen and oxygen atoms in total. The molecule has 2 aliphatic heterocycles. The van der Waals surface area contributed by atoms with Gasteiger partial charge in [-0.15, -0.1) is 12.4 Å². The Balaban J connectivity index is 0.00000320. The van der Waals surface area contributed by atoms with Crippen LogP contribution in [0, 0.1) is 6.92 Å². The number of morpholine rings is 1. The van der Waals surface area contributed by atoms with Crippen LogP contribution in [0.2, 0.25) is 0 Å². The van der Waals surface area contributed by atoms with Crippen molar-refractivity contribution in [3.8, 4) is 0 Å². The van der Waals surface area contributed by atoms with E-state index in [2.05, 4.69) is 46.4 Å². The van der Waals surface area contributed by atoms with Gasteiger partial charge in [0.15, 0.2) is 0 Å². The second-order valence-electron chi connectivity index (χ2n) is 9.38. The number of pyridine rings is 1. The van der Waals surface area contributed by atoms with Gasteiger partial charge >= 0.3 is 6.03 Å². The third-order valence-electron chi connectivity index (χ3n) is 6.92. The van der Waals surface area contributed by atoms with Crippen molar-refractivity contribution in [2.75, 3.05) is 44.7 Å². The van der Waals surface area contributed by atoms with Crippen LogP contribution < -0.4 is 11.1 Å². The van der Waals surface area contributed by atoms with Crippen molar-refractivity contribution < 1.29 is 14.3 Å². The van der Waals surface area contributed by atoms with Crippen LogP contribution in [-0.2, 0) is 22.5 Å². The van der Waals surface area contributed by atoms with Gasteiger partial charge in [0.1, 0.15) is 5.82 Å². The van der Waals surface area contributed by atoms with Crippen molar-refractivity contribution in [2.45, 2.75) is 19.9 Å². The van der Waals surface area contributed by atoms with E-state index in [1.54, 1.807) is 17.2 Å². The van der Waals surface area contributed by atoms with Crippen LogP contribution in [0.25, 0.3) is 16.8 Å². The molecule has 0 unspecified atom stereocenters. The van der Waals surface area contributed by atoms with Crippen molar-refractivity contribution in [1.82, 2.24) is 14.8 Å². The molecule has 9 heteroatoms. The fraction of sp³-hybridized carbons (Fsp3) is 0.321. The first-order chi connectivity index (χ1) is 17.5. The molecule has 3 N–H and O–H groups in total. The molecule has 1 aromatic heterocycles. The number of urea groups is 1. The molecule has 1 saturated heterocycles. The monoisotopic (exact) mass is 521 g/mol. The van der Waals surface area contributed by atoms with Crippen LogP contribution in [0.15, 0.2) is 54.2 Å². The van der Waals surface area contributed by atoms with Gasteiger partial charge in [-0.3, -0.25) is 15.0 Å². The standard InChI is InChI=1S/C28H31N5O3.ClH/c1-19-6-7-21(25-5-3-2-4-24(19)25)16-22(26(29)34)14-20-15-23-18-33(28(35)31-27(23)30-17-20)9-8-32-10-12-36-13-11-32;/h2-7,14-15,17H,8-13,16,18H2,1H3,(H2,29,34)(H,30,31,35);1H. The second-order valence-corrected chi connectivity index (χ2v) is 9.38. The predicted octanol–water partition coefficient (Wildman–Crippen LogP) is 3.76. The van der Waals surface area contributed by atoms with E-state index in [0.29, 0.717) is 30.9 Å². The molecule has 3 amide bonds. The lowest BCUT2D eigenvalue weighted by Crippen LogP contribution is -2.45. The number of fused-ring (bicyclic) bond motifs is 2. The molecule has 0 aliphatic carbocycles. The van der Waals surface area contributed by atoms with Crippen molar-refractivity contribution in [1.29, 1.82) is 0 Å². The van der Waals surface area contributed by atoms with E-state index in [4.69, 9.17) is 10.5 Å². The van der Waals surface area contributed by atoms with E-state index >= 15 is 0 Å². The summed E-state index contributed by atoms with van der Waals surface area (Å²) >= 11 is 0. The minimum atomic E-state index is -0.460. The Bertz CT molecular complexity index is 1340. The molecular formula is C28H32ClN5O3. The highest BCUT2D eigenvalue weighted by molar-refractivity contribution is 5.98. The molecular weight excluding hydrogens is 490 g/mol. The van der Waals surface area contributed by atoms with Crippen molar-refractivity contribution in [3.63, 3.8) is 0 Å². The summed E-state index contributed by atoms with van der Waals surface area (Å²) in [5.41, 5.74) is 10.2. The van der Waals surface area contributed by atoms with Gasteiger partial charge in [-0.05, 0) is 46.5 Å². The van der Waals surface area contributed by atoms with Crippen LogP contribution in [0.3, 0.4) is 0 Å². The number of halogens is 1. The first-order valence-electron chi connectivity index (χ1n) is 12.3. The van der Waals surface area contributed by atoms with Crippen molar-refractivity contribution in [2.24, 2.45) is 5.73 Å². The Kier molecular flexibility index (Phi) is 8.43. The number of nitrogens with zero attached hydrogens (tertiary/aromatic N) is 3. The highest BCUT2D eigenvalue weighted by Gasteiger charge is 2.24. The summed E-state index contributed by atoms with van der Waals surface area (Å²) in [5.74, 6) is 0.0998. The lowest BCUT2D eigenvalue weighted by atomic mass is 9.94. The van der Waals surface area contributed by atoms with Gasteiger partial charge in [0, 0.05) is 49.9 Å². The number of benzene rings is 2. The second kappa shape index (κ2) is 11.7. The average molecular weight is 522 g/mol. The fourth-order valence-corrected chi connectivity index (χ4v) is 4.85. The van der Waals surface area contributed by atoms with Crippen molar-refractivity contribution >= 4 is 47.0 Å². The average Bonchev–Trinajstić information content (AvgIpc) is 2.89. The zero-order chi connectivity index (χ0) is 25.1.